The summed E-state index contributed by atoms with van der Waals surface area (Å²) in [6.45, 7) is 5.02. The third-order valence-electron chi connectivity index (χ3n) is 2.21. The number of hydrogen-bond donors (Lipinski definition) is 2. The largest absolute Gasteiger partial charge is 0.458 e. The first-order valence-corrected chi connectivity index (χ1v) is 5.21. The van der Waals surface area contributed by atoms with Crippen molar-refractivity contribution in [2.75, 3.05) is 0 Å². The van der Waals surface area contributed by atoms with Gasteiger partial charge < -0.3 is 14.7 Å². The number of nitrogens with one attached hydrogen (secondary N) is 2. The summed E-state index contributed by atoms with van der Waals surface area (Å²) >= 11 is 0. The zero-order valence-electron chi connectivity index (χ0n) is 9.08. The van der Waals surface area contributed by atoms with E-state index in [1.54, 1.807) is 0 Å². The van der Waals surface area contributed by atoms with Crippen molar-refractivity contribution < 1.29 is 4.42 Å². The van der Waals surface area contributed by atoms with E-state index in [0.29, 0.717) is 6.04 Å². The number of hydrogen-bond acceptors (Lipinski definition) is 2. The fraction of sp³-hybridized carbons (Fsp3) is 0.333. The predicted molar refractivity (Wildman–Crippen MR) is 60.5 cm³/mol. The average Bonchev–Trinajstić information content (AvgIpc) is 2.85. The van der Waals surface area contributed by atoms with Crippen molar-refractivity contribution in [2.45, 2.75) is 26.4 Å². The molecule has 80 valence electrons. The van der Waals surface area contributed by atoms with Gasteiger partial charge in [0.25, 0.3) is 0 Å². The molecule has 0 aliphatic heterocycles. The topological polar surface area (TPSA) is 41.0 Å². The monoisotopic (exact) mass is 204 g/mol. The van der Waals surface area contributed by atoms with Crippen molar-refractivity contribution in [3.63, 3.8) is 0 Å². The van der Waals surface area contributed by atoms with Crippen molar-refractivity contribution in [2.24, 2.45) is 0 Å². The molecule has 2 heterocycles. The number of furan rings is 1. The highest BCUT2D eigenvalue weighted by Crippen LogP contribution is 2.19. The van der Waals surface area contributed by atoms with Crippen LogP contribution in [-0.2, 0) is 6.54 Å². The summed E-state index contributed by atoms with van der Waals surface area (Å²) in [5.41, 5.74) is 1.02. The van der Waals surface area contributed by atoms with Crippen LogP contribution >= 0.6 is 0 Å². The molecule has 0 saturated carbocycles. The molecule has 0 spiro atoms. The minimum atomic E-state index is 0.476. The van der Waals surface area contributed by atoms with Gasteiger partial charge in [0, 0.05) is 12.2 Å². The van der Waals surface area contributed by atoms with E-state index in [1.165, 1.54) is 0 Å². The molecule has 0 aromatic carbocycles. The Balaban J connectivity index is 2.04. The zero-order chi connectivity index (χ0) is 10.7. The second-order valence-corrected chi connectivity index (χ2v) is 3.89. The summed E-state index contributed by atoms with van der Waals surface area (Å²) in [7, 11) is 0. The van der Waals surface area contributed by atoms with Gasteiger partial charge in [0.2, 0.25) is 0 Å². The van der Waals surface area contributed by atoms with Crippen LogP contribution in [0.4, 0.5) is 0 Å². The molecule has 3 heteroatoms. The molecule has 0 aliphatic carbocycles. The molecule has 0 amide bonds. The maximum atomic E-state index is 5.68. The number of H-pyrrole nitrogens is 1. The molecule has 2 aromatic heterocycles. The van der Waals surface area contributed by atoms with Crippen LogP contribution in [0.25, 0.3) is 11.5 Å². The van der Waals surface area contributed by atoms with Gasteiger partial charge in [-0.2, -0.15) is 0 Å². The lowest BCUT2D eigenvalue weighted by molar-refractivity contribution is 0.472. The first kappa shape index (κ1) is 10.1. The normalized spacial score (nSPS) is 11.1. The molecule has 0 saturated heterocycles. The molecule has 0 aliphatic rings. The number of aromatic nitrogens is 1. The maximum Gasteiger partial charge on any atom is 0.150 e. The van der Waals surface area contributed by atoms with Gasteiger partial charge in [-0.05, 0) is 24.3 Å². The first-order valence-electron chi connectivity index (χ1n) is 5.21. The molecule has 0 unspecified atom stereocenters. The van der Waals surface area contributed by atoms with Gasteiger partial charge in [-0.3, -0.25) is 0 Å². The minimum Gasteiger partial charge on any atom is -0.458 e. The predicted octanol–water partition coefficient (Wildman–Crippen LogP) is 2.77. The summed E-state index contributed by atoms with van der Waals surface area (Å²) in [6.07, 6.45) is 1.89. The lowest BCUT2D eigenvalue weighted by Crippen LogP contribution is -2.21. The zero-order valence-corrected chi connectivity index (χ0v) is 9.08. The van der Waals surface area contributed by atoms with Crippen LogP contribution in [0, 0.1) is 0 Å². The molecule has 2 N–H and O–H groups in total. The standard InChI is InChI=1S/C12H16N2O/c1-9(2)14-8-10-5-6-12(15-10)11-4-3-7-13-11/h3-7,9,13-14H,8H2,1-2H3. The van der Waals surface area contributed by atoms with Gasteiger partial charge in [-0.15, -0.1) is 0 Å². The Hall–Kier alpha value is -1.48. The van der Waals surface area contributed by atoms with Crippen LogP contribution in [-0.4, -0.2) is 11.0 Å². The Morgan fingerprint density at radius 2 is 2.20 bits per heavy atom. The highest BCUT2D eigenvalue weighted by molar-refractivity contribution is 5.52. The van der Waals surface area contributed by atoms with Crippen molar-refractivity contribution in [1.29, 1.82) is 0 Å². The maximum absolute atomic E-state index is 5.68. The Kier molecular flexibility index (Phi) is 2.92. The number of aromatic amines is 1. The molecule has 15 heavy (non-hydrogen) atoms. The van der Waals surface area contributed by atoms with E-state index in [-0.39, 0.29) is 0 Å². The second kappa shape index (κ2) is 4.36. The van der Waals surface area contributed by atoms with E-state index in [9.17, 15) is 0 Å². The molecule has 3 nitrogen and oxygen atoms in total. The van der Waals surface area contributed by atoms with E-state index in [1.807, 2.05) is 30.5 Å². The van der Waals surface area contributed by atoms with Gasteiger partial charge in [0.15, 0.2) is 5.76 Å². The van der Waals surface area contributed by atoms with Crippen LogP contribution in [0.2, 0.25) is 0 Å². The van der Waals surface area contributed by atoms with Gasteiger partial charge in [0.05, 0.1) is 12.2 Å². The van der Waals surface area contributed by atoms with Gasteiger partial charge in [-0.25, -0.2) is 0 Å². The van der Waals surface area contributed by atoms with Crippen LogP contribution in [0.5, 0.6) is 0 Å². The van der Waals surface area contributed by atoms with Crippen molar-refractivity contribution in [1.82, 2.24) is 10.3 Å². The molecule has 2 rings (SSSR count). The summed E-state index contributed by atoms with van der Waals surface area (Å²) in [5, 5.41) is 3.32. The van der Waals surface area contributed by atoms with Crippen LogP contribution in [0.15, 0.2) is 34.9 Å². The lowest BCUT2D eigenvalue weighted by atomic mass is 10.3. The first-order chi connectivity index (χ1) is 7.25. The average molecular weight is 204 g/mol. The fourth-order valence-electron chi connectivity index (χ4n) is 1.41. The molecule has 0 radical (unpaired) electrons. The quantitative estimate of drug-likeness (QED) is 0.804. The van der Waals surface area contributed by atoms with Gasteiger partial charge in [0.1, 0.15) is 5.76 Å². The summed E-state index contributed by atoms with van der Waals surface area (Å²) in [5.74, 6) is 1.86. The molecular formula is C12H16N2O. The molecule has 2 aromatic rings. The van der Waals surface area contributed by atoms with Crippen molar-refractivity contribution >= 4 is 0 Å². The molecule has 0 fully saturated rings. The Morgan fingerprint density at radius 3 is 2.87 bits per heavy atom. The van der Waals surface area contributed by atoms with E-state index < -0.39 is 0 Å². The minimum absolute atomic E-state index is 0.476. The van der Waals surface area contributed by atoms with E-state index in [4.69, 9.17) is 4.42 Å². The van der Waals surface area contributed by atoms with Crippen LogP contribution in [0.1, 0.15) is 19.6 Å². The number of rotatable bonds is 4. The summed E-state index contributed by atoms with van der Waals surface area (Å²) in [6, 6.07) is 8.43. The lowest BCUT2D eigenvalue weighted by Gasteiger charge is -2.04. The molecular weight excluding hydrogens is 188 g/mol. The van der Waals surface area contributed by atoms with Gasteiger partial charge >= 0.3 is 0 Å². The van der Waals surface area contributed by atoms with E-state index in [0.717, 1.165) is 23.8 Å². The third kappa shape index (κ3) is 2.50. The van der Waals surface area contributed by atoms with Crippen LogP contribution in [0.3, 0.4) is 0 Å². The Bertz CT molecular complexity index is 401. The van der Waals surface area contributed by atoms with Crippen LogP contribution < -0.4 is 5.32 Å². The Morgan fingerprint density at radius 1 is 1.33 bits per heavy atom. The third-order valence-corrected chi connectivity index (χ3v) is 2.21. The van der Waals surface area contributed by atoms with Crippen molar-refractivity contribution in [3.05, 3.63) is 36.2 Å². The highest BCUT2D eigenvalue weighted by atomic mass is 16.3. The molecule has 0 bridgehead atoms. The smallest absolute Gasteiger partial charge is 0.150 e. The molecule has 0 atom stereocenters. The SMILES string of the molecule is CC(C)NCc1ccc(-c2ccc[nH]2)o1. The second-order valence-electron chi connectivity index (χ2n) is 3.89. The van der Waals surface area contributed by atoms with Crippen molar-refractivity contribution in [3.8, 4) is 11.5 Å². The Labute approximate surface area is 89.5 Å². The fourth-order valence-corrected chi connectivity index (χ4v) is 1.41. The summed E-state index contributed by atoms with van der Waals surface area (Å²) < 4.78 is 5.68. The summed E-state index contributed by atoms with van der Waals surface area (Å²) in [4.78, 5) is 3.12. The van der Waals surface area contributed by atoms with E-state index in [2.05, 4.69) is 24.1 Å². The highest BCUT2D eigenvalue weighted by Gasteiger charge is 2.04. The van der Waals surface area contributed by atoms with E-state index >= 15 is 0 Å². The van der Waals surface area contributed by atoms with Gasteiger partial charge in [-0.1, -0.05) is 13.8 Å².